The molecule has 1 N–H and O–H groups in total. The van der Waals surface area contributed by atoms with E-state index in [0.29, 0.717) is 11.1 Å². The molecule has 186 valence electrons. The molecule has 0 aliphatic carbocycles. The highest BCUT2D eigenvalue weighted by atomic mass is 19.1. The van der Waals surface area contributed by atoms with E-state index in [2.05, 4.69) is 15.3 Å². The van der Waals surface area contributed by atoms with Gasteiger partial charge in [-0.3, -0.25) is 24.9 Å². The van der Waals surface area contributed by atoms with Gasteiger partial charge in [-0.15, -0.1) is 0 Å². The lowest BCUT2D eigenvalue weighted by molar-refractivity contribution is -0.384. The summed E-state index contributed by atoms with van der Waals surface area (Å²) in [6, 6.07) is 10.3. The molecule has 0 radical (unpaired) electrons. The van der Waals surface area contributed by atoms with Crippen molar-refractivity contribution in [2.45, 2.75) is 25.8 Å². The molecule has 1 aromatic heterocycles. The molecule has 1 aliphatic rings. The van der Waals surface area contributed by atoms with Crippen LogP contribution in [0.15, 0.2) is 53.7 Å². The van der Waals surface area contributed by atoms with Crippen LogP contribution >= 0.6 is 0 Å². The highest BCUT2D eigenvalue weighted by Gasteiger charge is 2.26. The molecule has 1 amide bonds. The number of ether oxygens (including phenoxy) is 1. The third kappa shape index (κ3) is 5.23. The van der Waals surface area contributed by atoms with Gasteiger partial charge in [-0.25, -0.2) is 4.39 Å². The van der Waals surface area contributed by atoms with Crippen LogP contribution in [-0.2, 0) is 0 Å². The highest BCUT2D eigenvalue weighted by Crippen LogP contribution is 2.38. The number of hydrogen-bond acceptors (Lipinski definition) is 7. The number of benzene rings is 2. The zero-order valence-corrected chi connectivity index (χ0v) is 20.2. The zero-order chi connectivity index (χ0) is 25.8. The van der Waals surface area contributed by atoms with Crippen molar-refractivity contribution >= 4 is 29.2 Å². The number of nitro benzene ring substituents is 1. The van der Waals surface area contributed by atoms with Gasteiger partial charge in [-0.05, 0) is 44.5 Å². The van der Waals surface area contributed by atoms with Gasteiger partial charge < -0.3 is 15.0 Å². The predicted octanol–water partition coefficient (Wildman–Crippen LogP) is 4.84. The highest BCUT2D eigenvalue weighted by molar-refractivity contribution is 6.11. The lowest BCUT2D eigenvalue weighted by Gasteiger charge is -2.20. The summed E-state index contributed by atoms with van der Waals surface area (Å²) in [6.07, 6.45) is 5.22. The third-order valence-corrected chi connectivity index (χ3v) is 6.07. The first-order valence-electron chi connectivity index (χ1n) is 11.4. The van der Waals surface area contributed by atoms with E-state index in [9.17, 15) is 19.3 Å². The van der Waals surface area contributed by atoms with Crippen molar-refractivity contribution in [1.29, 1.82) is 0 Å². The van der Waals surface area contributed by atoms with Crippen molar-refractivity contribution < 1.29 is 18.8 Å². The first kappa shape index (κ1) is 24.9. The molecular formula is C26H26FN5O4. The van der Waals surface area contributed by atoms with Gasteiger partial charge >= 0.3 is 0 Å². The summed E-state index contributed by atoms with van der Waals surface area (Å²) < 4.78 is 19.3. The van der Waals surface area contributed by atoms with Gasteiger partial charge in [0, 0.05) is 66.2 Å². The van der Waals surface area contributed by atoms with E-state index in [4.69, 9.17) is 4.74 Å². The smallest absolute Gasteiger partial charge is 0.271 e. The molecule has 4 rings (SSSR count). The van der Waals surface area contributed by atoms with E-state index >= 15 is 0 Å². The van der Waals surface area contributed by atoms with Gasteiger partial charge in [0.25, 0.3) is 11.6 Å². The van der Waals surface area contributed by atoms with E-state index in [1.54, 1.807) is 24.5 Å². The van der Waals surface area contributed by atoms with Crippen molar-refractivity contribution in [3.05, 3.63) is 75.9 Å². The Morgan fingerprint density at radius 1 is 1.31 bits per heavy atom. The molecule has 0 spiro atoms. The van der Waals surface area contributed by atoms with Crippen LogP contribution in [0.25, 0.3) is 11.1 Å². The third-order valence-electron chi connectivity index (χ3n) is 6.07. The van der Waals surface area contributed by atoms with E-state index in [1.807, 2.05) is 6.92 Å². The molecule has 1 atom stereocenters. The first-order valence-corrected chi connectivity index (χ1v) is 11.4. The van der Waals surface area contributed by atoms with Crippen LogP contribution in [0.3, 0.4) is 0 Å². The average Bonchev–Trinajstić information content (AvgIpc) is 3.40. The maximum atomic E-state index is 14.3. The maximum Gasteiger partial charge on any atom is 0.271 e. The summed E-state index contributed by atoms with van der Waals surface area (Å²) in [4.78, 5) is 35.1. The Morgan fingerprint density at radius 2 is 2.11 bits per heavy atom. The number of aromatic nitrogens is 1. The number of nitrogens with one attached hydrogen (secondary N) is 1. The van der Waals surface area contributed by atoms with Crippen molar-refractivity contribution in [1.82, 2.24) is 10.3 Å². The minimum absolute atomic E-state index is 0.0211. The SMILES string of the molecule is COc1ccc(N(C)C(=O)c2cc([N+](=O)[O-])cc(-c3ccc(C)nc3)c2N=CC2CCCN2)cc1F. The molecule has 9 nitrogen and oxygen atoms in total. The standard InChI is InChI=1S/C26H26FN5O4/c1-16-6-7-17(14-29-16)21-11-20(32(34)35)12-22(25(21)30-15-18-5-4-10-28-18)26(33)31(2)19-8-9-24(36-3)23(27)13-19/h6-9,11-15,18,28H,4-5,10H2,1-3H3. The number of methoxy groups -OCH3 is 1. The van der Waals surface area contributed by atoms with Crippen molar-refractivity contribution in [3.63, 3.8) is 0 Å². The van der Waals surface area contributed by atoms with Gasteiger partial charge in [0.2, 0.25) is 0 Å². The Balaban J connectivity index is 1.87. The molecule has 1 aliphatic heterocycles. The molecular weight excluding hydrogens is 465 g/mol. The summed E-state index contributed by atoms with van der Waals surface area (Å²) in [6.45, 7) is 2.70. The van der Waals surface area contributed by atoms with E-state index < -0.39 is 16.6 Å². The zero-order valence-electron chi connectivity index (χ0n) is 20.2. The Hall–Kier alpha value is -4.18. The fraction of sp³-hybridized carbons (Fsp3) is 0.269. The predicted molar refractivity (Wildman–Crippen MR) is 136 cm³/mol. The molecule has 1 unspecified atom stereocenters. The van der Waals surface area contributed by atoms with Crippen LogP contribution < -0.4 is 15.0 Å². The number of halogens is 1. The number of non-ortho nitro benzene ring substituents is 1. The molecule has 0 saturated carbocycles. The van der Waals surface area contributed by atoms with Crippen LogP contribution in [0.5, 0.6) is 5.75 Å². The number of pyridine rings is 1. The fourth-order valence-corrected chi connectivity index (χ4v) is 4.04. The number of hydrogen-bond donors (Lipinski definition) is 1. The summed E-state index contributed by atoms with van der Waals surface area (Å²) >= 11 is 0. The van der Waals surface area contributed by atoms with Gasteiger partial charge in [0.05, 0.1) is 23.3 Å². The molecule has 0 bridgehead atoms. The Labute approximate surface area is 207 Å². The van der Waals surface area contributed by atoms with Crippen LogP contribution in [-0.4, -0.2) is 48.8 Å². The quantitative estimate of drug-likeness (QED) is 0.288. The number of aryl methyl sites for hydroxylation is 1. The minimum atomic E-state index is -0.634. The summed E-state index contributed by atoms with van der Waals surface area (Å²) in [5, 5.41) is 15.1. The van der Waals surface area contributed by atoms with Gasteiger partial charge in [-0.1, -0.05) is 6.07 Å². The number of nitro groups is 1. The second-order valence-corrected chi connectivity index (χ2v) is 8.50. The number of nitrogens with zero attached hydrogens (tertiary/aromatic N) is 4. The van der Waals surface area contributed by atoms with Crippen LogP contribution in [0.1, 0.15) is 28.9 Å². The molecule has 1 fully saturated rings. The lowest BCUT2D eigenvalue weighted by atomic mass is 9.99. The van der Waals surface area contributed by atoms with E-state index in [1.165, 1.54) is 49.4 Å². The molecule has 2 aromatic carbocycles. The first-order chi connectivity index (χ1) is 17.3. The summed E-state index contributed by atoms with van der Waals surface area (Å²) in [5.74, 6) is -1.17. The van der Waals surface area contributed by atoms with Gasteiger partial charge in [0.15, 0.2) is 11.6 Å². The molecule has 36 heavy (non-hydrogen) atoms. The maximum absolute atomic E-state index is 14.3. The number of rotatable bonds is 7. The summed E-state index contributed by atoms with van der Waals surface area (Å²) in [7, 11) is 2.82. The average molecular weight is 492 g/mol. The summed E-state index contributed by atoms with van der Waals surface area (Å²) in [5.41, 5.74) is 2.07. The minimum Gasteiger partial charge on any atom is -0.494 e. The van der Waals surface area contributed by atoms with Crippen molar-refractivity contribution in [2.24, 2.45) is 4.99 Å². The number of carbonyl (C=O) groups is 1. The Kier molecular flexibility index (Phi) is 7.35. The van der Waals surface area contributed by atoms with E-state index in [-0.39, 0.29) is 34.4 Å². The number of amides is 1. The molecule has 3 aromatic rings. The van der Waals surface area contributed by atoms with Crippen molar-refractivity contribution in [3.8, 4) is 16.9 Å². The van der Waals surface area contributed by atoms with Crippen LogP contribution in [0, 0.1) is 22.9 Å². The largest absolute Gasteiger partial charge is 0.494 e. The number of carbonyl (C=O) groups excluding carboxylic acids is 1. The van der Waals surface area contributed by atoms with Crippen molar-refractivity contribution in [2.75, 3.05) is 25.6 Å². The van der Waals surface area contributed by atoms with Crippen LogP contribution in [0.2, 0.25) is 0 Å². The Bertz CT molecular complexity index is 1320. The molecule has 10 heteroatoms. The number of aliphatic imine (C=N–C) groups is 1. The fourth-order valence-electron chi connectivity index (χ4n) is 4.04. The van der Waals surface area contributed by atoms with Gasteiger partial charge in [-0.2, -0.15) is 0 Å². The second kappa shape index (κ2) is 10.6. The lowest BCUT2D eigenvalue weighted by Crippen LogP contribution is -2.27. The monoisotopic (exact) mass is 491 g/mol. The van der Waals surface area contributed by atoms with Gasteiger partial charge in [0.1, 0.15) is 0 Å². The number of anilines is 1. The van der Waals surface area contributed by atoms with E-state index in [0.717, 1.165) is 25.1 Å². The Morgan fingerprint density at radius 3 is 2.72 bits per heavy atom. The molecule has 2 heterocycles. The molecule has 1 saturated heterocycles. The second-order valence-electron chi connectivity index (χ2n) is 8.50. The normalized spacial score (nSPS) is 15.3. The topological polar surface area (TPSA) is 110 Å². The van der Waals surface area contributed by atoms with Crippen LogP contribution in [0.4, 0.5) is 21.5 Å².